The maximum atomic E-state index is 13.5. The fraction of sp³-hybridized carbons (Fsp3) is 0.148. The monoisotopic (exact) mass is 529 g/mol. The number of halogens is 1. The van der Waals surface area contributed by atoms with Gasteiger partial charge in [0, 0.05) is 15.9 Å². The van der Waals surface area contributed by atoms with E-state index in [-0.39, 0.29) is 5.91 Å². The SMILES string of the molecule is CC1=C(C(=O)Nc2cccc(C)c2)C(c2ccc(OCc3ccc(Br)cc3)cc2)n2ncnc2N1. The maximum Gasteiger partial charge on any atom is 0.255 e. The highest BCUT2D eigenvalue weighted by Crippen LogP contribution is 2.36. The Morgan fingerprint density at radius 3 is 2.60 bits per heavy atom. The van der Waals surface area contributed by atoms with E-state index in [9.17, 15) is 4.79 Å². The summed E-state index contributed by atoms with van der Waals surface area (Å²) in [7, 11) is 0. The number of hydrogen-bond donors (Lipinski definition) is 2. The van der Waals surface area contributed by atoms with E-state index in [2.05, 4.69) is 36.6 Å². The lowest BCUT2D eigenvalue weighted by molar-refractivity contribution is -0.113. The molecule has 5 rings (SSSR count). The van der Waals surface area contributed by atoms with E-state index >= 15 is 0 Å². The summed E-state index contributed by atoms with van der Waals surface area (Å²) in [4.78, 5) is 17.8. The molecule has 35 heavy (non-hydrogen) atoms. The Kier molecular flexibility index (Phi) is 6.37. The second-order valence-corrected chi connectivity index (χ2v) is 9.32. The first-order valence-corrected chi connectivity index (χ1v) is 12.0. The molecule has 2 N–H and O–H groups in total. The van der Waals surface area contributed by atoms with Crippen LogP contribution >= 0.6 is 15.9 Å². The van der Waals surface area contributed by atoms with E-state index in [1.54, 1.807) is 4.68 Å². The molecule has 0 fully saturated rings. The van der Waals surface area contributed by atoms with Crippen LogP contribution in [0.1, 0.15) is 29.7 Å². The van der Waals surface area contributed by atoms with Crippen molar-refractivity contribution in [3.05, 3.63) is 112 Å². The molecule has 1 aliphatic rings. The van der Waals surface area contributed by atoms with Crippen molar-refractivity contribution in [2.45, 2.75) is 26.5 Å². The van der Waals surface area contributed by atoms with Gasteiger partial charge in [0.05, 0.1) is 5.57 Å². The number of hydrogen-bond acceptors (Lipinski definition) is 5. The van der Waals surface area contributed by atoms with Crippen LogP contribution in [0, 0.1) is 6.92 Å². The topological polar surface area (TPSA) is 81.1 Å². The third kappa shape index (κ3) is 4.97. The molecule has 1 aliphatic heterocycles. The molecule has 0 aliphatic carbocycles. The van der Waals surface area contributed by atoms with Crippen LogP contribution in [0.15, 0.2) is 94.9 Å². The van der Waals surface area contributed by atoms with Crippen LogP contribution in [0.2, 0.25) is 0 Å². The molecule has 0 bridgehead atoms. The highest BCUT2D eigenvalue weighted by atomic mass is 79.9. The third-order valence-corrected chi connectivity index (χ3v) is 6.36. The van der Waals surface area contributed by atoms with Gasteiger partial charge in [-0.15, -0.1) is 0 Å². The lowest BCUT2D eigenvalue weighted by atomic mass is 9.95. The van der Waals surface area contributed by atoms with Crippen molar-refractivity contribution < 1.29 is 9.53 Å². The number of amides is 1. The quantitative estimate of drug-likeness (QED) is 0.327. The highest BCUT2D eigenvalue weighted by molar-refractivity contribution is 9.10. The zero-order chi connectivity index (χ0) is 24.4. The average molecular weight is 530 g/mol. The summed E-state index contributed by atoms with van der Waals surface area (Å²) in [5.41, 5.74) is 5.11. The lowest BCUT2D eigenvalue weighted by Gasteiger charge is -2.28. The third-order valence-electron chi connectivity index (χ3n) is 5.83. The van der Waals surface area contributed by atoms with E-state index in [4.69, 9.17) is 4.74 Å². The Morgan fingerprint density at radius 2 is 1.86 bits per heavy atom. The number of nitrogens with zero attached hydrogens (tertiary/aromatic N) is 3. The van der Waals surface area contributed by atoms with Crippen molar-refractivity contribution in [1.82, 2.24) is 14.8 Å². The van der Waals surface area contributed by atoms with Crippen LogP contribution in [0.25, 0.3) is 0 Å². The Morgan fingerprint density at radius 1 is 1.09 bits per heavy atom. The molecule has 1 amide bonds. The number of fused-ring (bicyclic) bond motifs is 1. The summed E-state index contributed by atoms with van der Waals surface area (Å²) in [5.74, 6) is 1.15. The van der Waals surface area contributed by atoms with Gasteiger partial charge in [0.1, 0.15) is 24.7 Å². The highest BCUT2D eigenvalue weighted by Gasteiger charge is 2.33. The molecular formula is C27H24BrN5O2. The number of aryl methyl sites for hydroxylation is 1. The van der Waals surface area contributed by atoms with Gasteiger partial charge in [0.15, 0.2) is 0 Å². The van der Waals surface area contributed by atoms with Crippen molar-refractivity contribution in [1.29, 1.82) is 0 Å². The molecule has 176 valence electrons. The van der Waals surface area contributed by atoms with Gasteiger partial charge >= 0.3 is 0 Å². The summed E-state index contributed by atoms with van der Waals surface area (Å²) in [5, 5.41) is 10.6. The standard InChI is InChI=1S/C27H24BrN5O2/c1-17-4-3-5-22(14-17)32-26(34)24-18(2)31-27-29-16-30-33(27)25(24)20-8-12-23(13-9-20)35-15-19-6-10-21(28)11-7-19/h3-14,16,25H,15H2,1-2H3,(H,32,34)(H,29,30,31). The first kappa shape index (κ1) is 22.9. The second kappa shape index (κ2) is 9.76. The predicted molar refractivity (Wildman–Crippen MR) is 139 cm³/mol. The van der Waals surface area contributed by atoms with Gasteiger partial charge in [-0.1, -0.05) is 52.3 Å². The fourth-order valence-electron chi connectivity index (χ4n) is 4.11. The van der Waals surface area contributed by atoms with E-state index in [0.29, 0.717) is 18.1 Å². The number of carbonyl (C=O) groups is 1. The molecule has 0 spiro atoms. The number of aromatic nitrogens is 3. The molecule has 1 atom stereocenters. The summed E-state index contributed by atoms with van der Waals surface area (Å²) < 4.78 is 8.73. The van der Waals surface area contributed by atoms with Gasteiger partial charge in [-0.2, -0.15) is 10.1 Å². The van der Waals surface area contributed by atoms with Crippen molar-refractivity contribution in [3.8, 4) is 5.75 Å². The first-order valence-electron chi connectivity index (χ1n) is 11.2. The van der Waals surface area contributed by atoms with Gasteiger partial charge in [-0.3, -0.25) is 4.79 Å². The van der Waals surface area contributed by atoms with Gasteiger partial charge in [0.2, 0.25) is 5.95 Å². The summed E-state index contributed by atoms with van der Waals surface area (Å²) in [6.45, 7) is 4.34. The van der Waals surface area contributed by atoms with E-state index in [0.717, 1.165) is 38.3 Å². The number of carbonyl (C=O) groups excluding carboxylic acids is 1. The van der Waals surface area contributed by atoms with Crippen LogP contribution in [0.4, 0.5) is 11.6 Å². The van der Waals surface area contributed by atoms with Gasteiger partial charge in [-0.05, 0) is 66.9 Å². The normalized spacial score (nSPS) is 14.8. The molecular weight excluding hydrogens is 506 g/mol. The lowest BCUT2D eigenvalue weighted by Crippen LogP contribution is -2.31. The number of rotatable bonds is 6. The first-order chi connectivity index (χ1) is 17.0. The predicted octanol–water partition coefficient (Wildman–Crippen LogP) is 5.86. The van der Waals surface area contributed by atoms with Crippen LogP contribution in [0.5, 0.6) is 5.75 Å². The molecule has 3 aromatic carbocycles. The van der Waals surface area contributed by atoms with Gasteiger partial charge in [-0.25, -0.2) is 4.68 Å². The van der Waals surface area contributed by atoms with Crippen molar-refractivity contribution >= 4 is 33.5 Å². The largest absolute Gasteiger partial charge is 0.489 e. The summed E-state index contributed by atoms with van der Waals surface area (Å²) in [6.07, 6.45) is 1.49. The van der Waals surface area contributed by atoms with E-state index in [1.165, 1.54) is 6.33 Å². The number of ether oxygens (including phenoxy) is 1. The molecule has 8 heteroatoms. The smallest absolute Gasteiger partial charge is 0.255 e. The van der Waals surface area contributed by atoms with Crippen LogP contribution in [-0.4, -0.2) is 20.7 Å². The minimum absolute atomic E-state index is 0.192. The Labute approximate surface area is 212 Å². The van der Waals surface area contributed by atoms with E-state index < -0.39 is 6.04 Å². The van der Waals surface area contributed by atoms with Crippen LogP contribution < -0.4 is 15.4 Å². The minimum Gasteiger partial charge on any atom is -0.489 e. The molecule has 7 nitrogen and oxygen atoms in total. The molecule has 2 heterocycles. The zero-order valence-electron chi connectivity index (χ0n) is 19.3. The average Bonchev–Trinajstić information content (AvgIpc) is 3.31. The van der Waals surface area contributed by atoms with Gasteiger partial charge in [0.25, 0.3) is 5.91 Å². The molecule has 1 unspecified atom stereocenters. The van der Waals surface area contributed by atoms with Crippen molar-refractivity contribution in [2.24, 2.45) is 0 Å². The number of nitrogens with one attached hydrogen (secondary N) is 2. The molecule has 4 aromatic rings. The van der Waals surface area contributed by atoms with Gasteiger partial charge < -0.3 is 15.4 Å². The molecule has 0 saturated heterocycles. The van der Waals surface area contributed by atoms with Crippen molar-refractivity contribution in [2.75, 3.05) is 10.6 Å². The van der Waals surface area contributed by atoms with Crippen LogP contribution in [0.3, 0.4) is 0 Å². The number of benzene rings is 3. The molecule has 0 radical (unpaired) electrons. The van der Waals surface area contributed by atoms with Crippen LogP contribution in [-0.2, 0) is 11.4 Å². The summed E-state index contributed by atoms with van der Waals surface area (Å²) >= 11 is 3.45. The Bertz CT molecular complexity index is 1390. The van der Waals surface area contributed by atoms with E-state index in [1.807, 2.05) is 86.6 Å². The second-order valence-electron chi connectivity index (χ2n) is 8.40. The molecule has 0 saturated carbocycles. The number of allylic oxidation sites excluding steroid dienone is 1. The summed E-state index contributed by atoms with van der Waals surface area (Å²) in [6, 6.07) is 23.1. The zero-order valence-corrected chi connectivity index (χ0v) is 20.9. The molecule has 1 aromatic heterocycles. The Balaban J connectivity index is 1.40. The fourth-order valence-corrected chi connectivity index (χ4v) is 4.37. The Hall–Kier alpha value is -3.91. The minimum atomic E-state index is -0.431. The maximum absolute atomic E-state index is 13.5. The number of anilines is 2. The van der Waals surface area contributed by atoms with Crippen molar-refractivity contribution in [3.63, 3.8) is 0 Å².